The standard InChI is InChI=1S/C14H22O6/c1-13(2,3)19-11(17)9(15)7-8-10(16)12(18)20-14(4,5)6/h7-8H2,1-6H3. The zero-order valence-electron chi connectivity index (χ0n) is 12.9. The van der Waals surface area contributed by atoms with Gasteiger partial charge in [0, 0.05) is 12.8 Å². The molecule has 0 unspecified atom stereocenters. The molecule has 114 valence electrons. The summed E-state index contributed by atoms with van der Waals surface area (Å²) in [5.74, 6) is -3.68. The number of ether oxygens (including phenoxy) is 2. The molecule has 0 aromatic heterocycles. The molecule has 6 heteroatoms. The van der Waals surface area contributed by atoms with Gasteiger partial charge >= 0.3 is 11.9 Å². The van der Waals surface area contributed by atoms with Crippen LogP contribution in [0.2, 0.25) is 0 Å². The highest BCUT2D eigenvalue weighted by molar-refractivity contribution is 6.37. The van der Waals surface area contributed by atoms with E-state index >= 15 is 0 Å². The third-order valence-corrected chi connectivity index (χ3v) is 1.83. The fourth-order valence-electron chi connectivity index (χ4n) is 1.10. The van der Waals surface area contributed by atoms with E-state index in [0.717, 1.165) is 0 Å². The molecule has 0 heterocycles. The van der Waals surface area contributed by atoms with Crippen LogP contribution in [0.3, 0.4) is 0 Å². The van der Waals surface area contributed by atoms with Gasteiger partial charge in [-0.1, -0.05) is 0 Å². The van der Waals surface area contributed by atoms with E-state index in [1.165, 1.54) is 0 Å². The van der Waals surface area contributed by atoms with Gasteiger partial charge in [0.2, 0.25) is 11.6 Å². The van der Waals surface area contributed by atoms with E-state index in [1.54, 1.807) is 41.5 Å². The average Bonchev–Trinajstić information content (AvgIpc) is 2.20. The maximum absolute atomic E-state index is 11.5. The van der Waals surface area contributed by atoms with E-state index in [2.05, 4.69) is 0 Å². The lowest BCUT2D eigenvalue weighted by Gasteiger charge is -2.19. The van der Waals surface area contributed by atoms with Crippen LogP contribution in [0.25, 0.3) is 0 Å². The Morgan fingerprint density at radius 3 is 1.10 bits per heavy atom. The van der Waals surface area contributed by atoms with E-state index in [0.29, 0.717) is 0 Å². The summed E-state index contributed by atoms with van der Waals surface area (Å²) >= 11 is 0. The van der Waals surface area contributed by atoms with Crippen molar-refractivity contribution in [1.82, 2.24) is 0 Å². The summed E-state index contributed by atoms with van der Waals surface area (Å²) < 4.78 is 9.71. The van der Waals surface area contributed by atoms with E-state index in [4.69, 9.17) is 9.47 Å². The Morgan fingerprint density at radius 2 is 0.900 bits per heavy atom. The summed E-state index contributed by atoms with van der Waals surface area (Å²) in [6.45, 7) is 9.77. The number of ketones is 2. The van der Waals surface area contributed by atoms with E-state index in [1.807, 2.05) is 0 Å². The van der Waals surface area contributed by atoms with Gasteiger partial charge in [-0.3, -0.25) is 9.59 Å². The van der Waals surface area contributed by atoms with Crippen molar-refractivity contribution < 1.29 is 28.7 Å². The topological polar surface area (TPSA) is 86.7 Å². The van der Waals surface area contributed by atoms with Crippen LogP contribution in [0.4, 0.5) is 0 Å². The molecule has 0 aromatic rings. The highest BCUT2D eigenvalue weighted by Crippen LogP contribution is 2.10. The molecule has 0 atom stereocenters. The Bertz CT molecular complexity index is 368. The number of esters is 2. The number of carbonyl (C=O) groups is 4. The van der Waals surface area contributed by atoms with E-state index < -0.39 is 34.7 Å². The Morgan fingerprint density at radius 1 is 0.650 bits per heavy atom. The number of hydrogen-bond acceptors (Lipinski definition) is 6. The van der Waals surface area contributed by atoms with Crippen LogP contribution in [0.1, 0.15) is 54.4 Å². The Balaban J connectivity index is 4.29. The van der Waals surface area contributed by atoms with E-state index in [-0.39, 0.29) is 12.8 Å². The van der Waals surface area contributed by atoms with Crippen LogP contribution in [-0.2, 0) is 28.7 Å². The van der Waals surface area contributed by atoms with Gasteiger partial charge in [0.25, 0.3) is 0 Å². The molecule has 0 amide bonds. The van der Waals surface area contributed by atoms with Gasteiger partial charge in [0.15, 0.2) is 0 Å². The first-order chi connectivity index (χ1) is 8.82. The predicted octanol–water partition coefficient (Wildman–Crippen LogP) is 1.59. The zero-order chi connectivity index (χ0) is 16.1. The van der Waals surface area contributed by atoms with Crippen molar-refractivity contribution in [3.63, 3.8) is 0 Å². The maximum atomic E-state index is 11.5. The molecule has 0 N–H and O–H groups in total. The normalized spacial score (nSPS) is 11.7. The fourth-order valence-corrected chi connectivity index (χ4v) is 1.10. The van der Waals surface area contributed by atoms with Crippen molar-refractivity contribution in [1.29, 1.82) is 0 Å². The molecule has 0 aliphatic carbocycles. The summed E-state index contributed by atoms with van der Waals surface area (Å²) in [6, 6.07) is 0. The monoisotopic (exact) mass is 286 g/mol. The van der Waals surface area contributed by atoms with Gasteiger partial charge in [0.1, 0.15) is 11.2 Å². The van der Waals surface area contributed by atoms with Crippen molar-refractivity contribution in [2.24, 2.45) is 0 Å². The smallest absolute Gasteiger partial charge is 0.375 e. The summed E-state index contributed by atoms with van der Waals surface area (Å²) in [5, 5.41) is 0. The summed E-state index contributed by atoms with van der Waals surface area (Å²) in [6.07, 6.45) is -0.736. The third-order valence-electron chi connectivity index (χ3n) is 1.83. The molecule has 0 saturated carbocycles. The molecule has 0 rings (SSSR count). The molecule has 0 radical (unpaired) electrons. The van der Waals surface area contributed by atoms with Crippen molar-refractivity contribution >= 4 is 23.5 Å². The van der Waals surface area contributed by atoms with Gasteiger partial charge in [-0.2, -0.15) is 0 Å². The van der Waals surface area contributed by atoms with Crippen molar-refractivity contribution in [3.05, 3.63) is 0 Å². The first-order valence-corrected chi connectivity index (χ1v) is 6.34. The molecule has 20 heavy (non-hydrogen) atoms. The van der Waals surface area contributed by atoms with Gasteiger partial charge < -0.3 is 9.47 Å². The molecular formula is C14H22O6. The lowest BCUT2D eigenvalue weighted by molar-refractivity contribution is -0.164. The van der Waals surface area contributed by atoms with Gasteiger partial charge in [-0.15, -0.1) is 0 Å². The van der Waals surface area contributed by atoms with Crippen LogP contribution in [0.15, 0.2) is 0 Å². The predicted molar refractivity (Wildman–Crippen MR) is 70.9 cm³/mol. The molecule has 0 saturated heterocycles. The van der Waals surface area contributed by atoms with Crippen LogP contribution in [0.5, 0.6) is 0 Å². The lowest BCUT2D eigenvalue weighted by atomic mass is 10.1. The van der Waals surface area contributed by atoms with Crippen LogP contribution < -0.4 is 0 Å². The highest BCUT2D eigenvalue weighted by atomic mass is 16.6. The Kier molecular flexibility index (Phi) is 6.06. The van der Waals surface area contributed by atoms with E-state index in [9.17, 15) is 19.2 Å². The van der Waals surface area contributed by atoms with Gasteiger partial charge in [-0.05, 0) is 41.5 Å². The second-order valence-corrected chi connectivity index (χ2v) is 6.35. The minimum absolute atomic E-state index is 0.368. The minimum Gasteiger partial charge on any atom is -0.454 e. The van der Waals surface area contributed by atoms with Crippen molar-refractivity contribution in [3.8, 4) is 0 Å². The second-order valence-electron chi connectivity index (χ2n) is 6.35. The largest absolute Gasteiger partial charge is 0.454 e. The second kappa shape index (κ2) is 6.63. The van der Waals surface area contributed by atoms with Crippen LogP contribution in [0, 0.1) is 0 Å². The first kappa shape index (κ1) is 18.3. The Hall–Kier alpha value is -1.72. The van der Waals surface area contributed by atoms with Crippen LogP contribution >= 0.6 is 0 Å². The average molecular weight is 286 g/mol. The van der Waals surface area contributed by atoms with Crippen molar-refractivity contribution in [2.45, 2.75) is 65.6 Å². The molecule has 0 aliphatic heterocycles. The SMILES string of the molecule is CC(C)(C)OC(=O)C(=O)CCC(=O)C(=O)OC(C)(C)C. The Labute approximate surface area is 118 Å². The molecule has 0 aliphatic rings. The quantitative estimate of drug-likeness (QED) is 0.563. The zero-order valence-corrected chi connectivity index (χ0v) is 12.9. The molecular weight excluding hydrogens is 264 g/mol. The summed E-state index contributed by atoms with van der Waals surface area (Å²) in [5.41, 5.74) is -1.55. The lowest BCUT2D eigenvalue weighted by Crippen LogP contribution is -2.31. The number of Topliss-reactive ketones (excluding diaryl/α,β-unsaturated/α-hetero) is 2. The number of carbonyl (C=O) groups excluding carboxylic acids is 4. The summed E-state index contributed by atoms with van der Waals surface area (Å²) in [7, 11) is 0. The number of rotatable bonds is 5. The van der Waals surface area contributed by atoms with Gasteiger partial charge in [0.05, 0.1) is 0 Å². The maximum Gasteiger partial charge on any atom is 0.375 e. The molecule has 0 aromatic carbocycles. The van der Waals surface area contributed by atoms with Gasteiger partial charge in [-0.25, -0.2) is 9.59 Å². The minimum atomic E-state index is -1.01. The fraction of sp³-hybridized carbons (Fsp3) is 0.714. The molecule has 0 bridgehead atoms. The molecule has 0 spiro atoms. The molecule has 0 fully saturated rings. The highest BCUT2D eigenvalue weighted by Gasteiger charge is 2.26. The first-order valence-electron chi connectivity index (χ1n) is 6.34. The third kappa shape index (κ3) is 8.39. The number of hydrogen-bond donors (Lipinski definition) is 0. The summed E-state index contributed by atoms with van der Waals surface area (Å²) in [4.78, 5) is 45.6. The molecule has 6 nitrogen and oxygen atoms in total. The van der Waals surface area contributed by atoms with Crippen LogP contribution in [-0.4, -0.2) is 34.7 Å². The van der Waals surface area contributed by atoms with Crippen molar-refractivity contribution in [2.75, 3.05) is 0 Å².